The highest BCUT2D eigenvalue weighted by molar-refractivity contribution is 5.09. The lowest BCUT2D eigenvalue weighted by atomic mass is 10.4. The van der Waals surface area contributed by atoms with E-state index in [2.05, 4.69) is 0 Å². The molecular weight excluding hydrogens is 100 g/mol. The first-order chi connectivity index (χ1) is 3.85. The third-order valence-corrected chi connectivity index (χ3v) is 0.851. The number of ether oxygens (including phenoxy) is 1. The zero-order valence-electron chi connectivity index (χ0n) is 5.64. The fourth-order valence-corrected chi connectivity index (χ4v) is 0.446. The van der Waals surface area contributed by atoms with E-state index in [0.29, 0.717) is 0 Å². The number of rotatable bonds is 2. The van der Waals surface area contributed by atoms with Crippen LogP contribution < -0.4 is 0 Å². The molecular formula is C7H12O. The molecule has 0 rings (SSSR count). The smallest absolute Gasteiger partial charge is 0.114 e. The first-order valence-corrected chi connectivity index (χ1v) is 2.68. The third-order valence-electron chi connectivity index (χ3n) is 0.851. The molecule has 0 heterocycles. The second kappa shape index (κ2) is 4.44. The highest BCUT2D eigenvalue weighted by atomic mass is 16.5. The van der Waals surface area contributed by atoms with Gasteiger partial charge in [0.15, 0.2) is 0 Å². The van der Waals surface area contributed by atoms with E-state index >= 15 is 0 Å². The maximum atomic E-state index is 4.91. The summed E-state index contributed by atoms with van der Waals surface area (Å²) in [5.74, 6) is 0.910. The molecule has 0 aromatic heterocycles. The molecule has 0 N–H and O–H groups in total. The van der Waals surface area contributed by atoms with Gasteiger partial charge in [0.25, 0.3) is 0 Å². The lowest BCUT2D eigenvalue weighted by Gasteiger charge is -1.94. The molecule has 1 nitrogen and oxygen atoms in total. The Hall–Kier alpha value is -0.720. The van der Waals surface area contributed by atoms with Gasteiger partial charge in [0.1, 0.15) is 5.76 Å². The average Bonchev–Trinajstić information content (AvgIpc) is 1.83. The van der Waals surface area contributed by atoms with Gasteiger partial charge in [-0.2, -0.15) is 0 Å². The maximum absolute atomic E-state index is 4.91. The minimum Gasteiger partial charge on any atom is -0.497 e. The van der Waals surface area contributed by atoms with Gasteiger partial charge in [-0.1, -0.05) is 6.08 Å². The van der Waals surface area contributed by atoms with Gasteiger partial charge in [-0.05, 0) is 26.0 Å². The van der Waals surface area contributed by atoms with Gasteiger partial charge in [-0.15, -0.1) is 0 Å². The van der Waals surface area contributed by atoms with Crippen LogP contribution in [0.25, 0.3) is 0 Å². The molecule has 0 aromatic rings. The van der Waals surface area contributed by atoms with Crippen LogP contribution in [0, 0.1) is 0 Å². The summed E-state index contributed by atoms with van der Waals surface area (Å²) in [7, 11) is 1.66. The largest absolute Gasteiger partial charge is 0.497 e. The molecule has 46 valence electrons. The summed E-state index contributed by atoms with van der Waals surface area (Å²) in [4.78, 5) is 0. The minimum atomic E-state index is 0.910. The van der Waals surface area contributed by atoms with Gasteiger partial charge >= 0.3 is 0 Å². The summed E-state index contributed by atoms with van der Waals surface area (Å²) >= 11 is 0. The zero-order valence-corrected chi connectivity index (χ0v) is 5.64. The van der Waals surface area contributed by atoms with E-state index in [4.69, 9.17) is 4.74 Å². The van der Waals surface area contributed by atoms with Crippen LogP contribution in [-0.4, -0.2) is 7.11 Å². The monoisotopic (exact) mass is 112 g/mol. The topological polar surface area (TPSA) is 9.23 Å². The quantitative estimate of drug-likeness (QED) is 0.392. The number of allylic oxidation sites excluding steroid dienone is 3. The summed E-state index contributed by atoms with van der Waals surface area (Å²) in [6.45, 7) is 3.90. The van der Waals surface area contributed by atoms with E-state index in [9.17, 15) is 0 Å². The first kappa shape index (κ1) is 7.28. The SMILES string of the molecule is CC=CC(=CC)OC. The van der Waals surface area contributed by atoms with E-state index < -0.39 is 0 Å². The van der Waals surface area contributed by atoms with Crippen LogP contribution in [0.1, 0.15) is 13.8 Å². The van der Waals surface area contributed by atoms with Crippen molar-refractivity contribution >= 4 is 0 Å². The predicted molar refractivity (Wildman–Crippen MR) is 35.6 cm³/mol. The van der Waals surface area contributed by atoms with Crippen molar-refractivity contribution in [2.24, 2.45) is 0 Å². The van der Waals surface area contributed by atoms with E-state index in [1.165, 1.54) is 0 Å². The number of hydrogen-bond acceptors (Lipinski definition) is 1. The van der Waals surface area contributed by atoms with Crippen LogP contribution in [0.4, 0.5) is 0 Å². The second-order valence-corrected chi connectivity index (χ2v) is 1.40. The molecule has 0 bridgehead atoms. The van der Waals surface area contributed by atoms with Crippen LogP contribution in [0.5, 0.6) is 0 Å². The molecule has 0 saturated heterocycles. The van der Waals surface area contributed by atoms with Crippen molar-refractivity contribution in [3.63, 3.8) is 0 Å². The maximum Gasteiger partial charge on any atom is 0.114 e. The van der Waals surface area contributed by atoms with E-state index in [1.807, 2.05) is 32.1 Å². The molecule has 0 saturated carbocycles. The van der Waals surface area contributed by atoms with Crippen molar-refractivity contribution in [2.75, 3.05) is 7.11 Å². The first-order valence-electron chi connectivity index (χ1n) is 2.68. The Balaban J connectivity index is 3.72. The molecule has 0 aromatic carbocycles. The Bertz CT molecular complexity index is 98.2. The van der Waals surface area contributed by atoms with Gasteiger partial charge in [0, 0.05) is 0 Å². The van der Waals surface area contributed by atoms with E-state index in [1.54, 1.807) is 7.11 Å². The molecule has 0 spiro atoms. The summed E-state index contributed by atoms with van der Waals surface area (Å²) in [6.07, 6.45) is 5.78. The molecule has 0 fully saturated rings. The summed E-state index contributed by atoms with van der Waals surface area (Å²) in [6, 6.07) is 0. The normalized spacial score (nSPS) is 12.6. The lowest BCUT2D eigenvalue weighted by molar-refractivity contribution is 0.306. The highest BCUT2D eigenvalue weighted by Gasteiger charge is 1.79. The Labute approximate surface area is 50.7 Å². The standard InChI is InChI=1S/C7H12O/c1-4-6-7(5-2)8-3/h4-6H,1-3H3. The number of methoxy groups -OCH3 is 1. The fourth-order valence-electron chi connectivity index (χ4n) is 0.446. The fraction of sp³-hybridized carbons (Fsp3) is 0.429. The number of hydrogen-bond donors (Lipinski definition) is 0. The van der Waals surface area contributed by atoms with E-state index in [0.717, 1.165) is 5.76 Å². The minimum absolute atomic E-state index is 0.910. The summed E-state index contributed by atoms with van der Waals surface area (Å²) < 4.78 is 4.91. The molecule has 0 aliphatic rings. The second-order valence-electron chi connectivity index (χ2n) is 1.40. The third kappa shape index (κ3) is 2.45. The Morgan fingerprint density at radius 2 is 2.00 bits per heavy atom. The van der Waals surface area contributed by atoms with Crippen LogP contribution in [-0.2, 0) is 4.74 Å². The molecule has 1 heteroatoms. The molecule has 0 amide bonds. The van der Waals surface area contributed by atoms with Crippen LogP contribution >= 0.6 is 0 Å². The van der Waals surface area contributed by atoms with Crippen molar-refractivity contribution < 1.29 is 4.74 Å². The van der Waals surface area contributed by atoms with Crippen LogP contribution in [0.2, 0.25) is 0 Å². The van der Waals surface area contributed by atoms with Crippen molar-refractivity contribution in [3.05, 3.63) is 24.0 Å². The lowest BCUT2D eigenvalue weighted by Crippen LogP contribution is -1.77. The Morgan fingerprint density at radius 1 is 1.38 bits per heavy atom. The predicted octanol–water partition coefficient (Wildman–Crippen LogP) is 2.11. The van der Waals surface area contributed by atoms with E-state index in [-0.39, 0.29) is 0 Å². The zero-order chi connectivity index (χ0) is 6.41. The van der Waals surface area contributed by atoms with Crippen molar-refractivity contribution in [1.29, 1.82) is 0 Å². The van der Waals surface area contributed by atoms with Crippen LogP contribution in [0.15, 0.2) is 24.0 Å². The molecule has 8 heavy (non-hydrogen) atoms. The van der Waals surface area contributed by atoms with Gasteiger partial charge in [-0.25, -0.2) is 0 Å². The van der Waals surface area contributed by atoms with Crippen molar-refractivity contribution in [3.8, 4) is 0 Å². The summed E-state index contributed by atoms with van der Waals surface area (Å²) in [5, 5.41) is 0. The van der Waals surface area contributed by atoms with Crippen LogP contribution in [0.3, 0.4) is 0 Å². The Morgan fingerprint density at radius 3 is 2.12 bits per heavy atom. The Kier molecular flexibility index (Phi) is 4.04. The van der Waals surface area contributed by atoms with Gasteiger partial charge in [0.2, 0.25) is 0 Å². The summed E-state index contributed by atoms with van der Waals surface area (Å²) in [5.41, 5.74) is 0. The molecule has 0 aliphatic carbocycles. The van der Waals surface area contributed by atoms with Crippen molar-refractivity contribution in [2.45, 2.75) is 13.8 Å². The molecule has 0 radical (unpaired) electrons. The molecule has 0 unspecified atom stereocenters. The van der Waals surface area contributed by atoms with Gasteiger partial charge in [-0.3, -0.25) is 0 Å². The highest BCUT2D eigenvalue weighted by Crippen LogP contribution is 1.94. The molecule has 0 atom stereocenters. The average molecular weight is 112 g/mol. The van der Waals surface area contributed by atoms with Crippen molar-refractivity contribution in [1.82, 2.24) is 0 Å². The van der Waals surface area contributed by atoms with Gasteiger partial charge < -0.3 is 4.74 Å². The molecule has 0 aliphatic heterocycles. The van der Waals surface area contributed by atoms with Gasteiger partial charge in [0.05, 0.1) is 7.11 Å².